The molecule has 1 aromatic carbocycles. The van der Waals surface area contributed by atoms with E-state index in [1.54, 1.807) is 18.2 Å². The SMILES string of the molecule is CC[C@@H]1[C@@H]2CN(C(=O)[C@H](C(C)(C)C)NC(=O)O[C@@H]3C[C@H]3CCCCC(F)(F)c3cc4ccc(Cl)cc4nc3O2)[C@@H]1C(C)=O. The van der Waals surface area contributed by atoms with E-state index in [0.717, 1.165) is 0 Å². The van der Waals surface area contributed by atoms with E-state index in [1.165, 1.54) is 17.9 Å². The van der Waals surface area contributed by atoms with Crippen LogP contribution in [0.5, 0.6) is 5.88 Å². The fourth-order valence-electron chi connectivity index (χ4n) is 6.51. The smallest absolute Gasteiger partial charge is 0.408 e. The van der Waals surface area contributed by atoms with Crippen LogP contribution in [0.15, 0.2) is 24.3 Å². The minimum atomic E-state index is -3.24. The molecule has 2 bridgehead atoms. The van der Waals surface area contributed by atoms with Crippen LogP contribution in [0, 0.1) is 17.3 Å². The van der Waals surface area contributed by atoms with Crippen molar-refractivity contribution in [3.05, 3.63) is 34.9 Å². The summed E-state index contributed by atoms with van der Waals surface area (Å²) in [6.45, 7) is 8.71. The van der Waals surface area contributed by atoms with Crippen molar-refractivity contribution >= 4 is 40.3 Å². The summed E-state index contributed by atoms with van der Waals surface area (Å²) in [5.74, 6) is -4.56. The number of nitrogens with zero attached hydrogens (tertiary/aromatic N) is 2. The molecule has 1 aliphatic carbocycles. The molecule has 234 valence electrons. The van der Waals surface area contributed by atoms with Crippen LogP contribution in [-0.2, 0) is 20.2 Å². The van der Waals surface area contributed by atoms with Gasteiger partial charge in [-0.05, 0) is 62.1 Å². The molecule has 2 aliphatic heterocycles. The number of ether oxygens (including phenoxy) is 2. The molecule has 0 spiro atoms. The number of pyridine rings is 1. The van der Waals surface area contributed by atoms with Gasteiger partial charge in [-0.3, -0.25) is 9.59 Å². The summed E-state index contributed by atoms with van der Waals surface area (Å²) in [5, 5.41) is 3.68. The van der Waals surface area contributed by atoms with Crippen LogP contribution in [0.3, 0.4) is 0 Å². The van der Waals surface area contributed by atoms with E-state index in [9.17, 15) is 14.4 Å². The number of aromatic nitrogens is 1. The van der Waals surface area contributed by atoms with Gasteiger partial charge in [-0.15, -0.1) is 0 Å². The van der Waals surface area contributed by atoms with Gasteiger partial charge < -0.3 is 19.7 Å². The first-order chi connectivity index (χ1) is 20.2. The number of fused-ring (bicyclic) bond motifs is 5. The molecule has 1 saturated heterocycles. The fourth-order valence-corrected chi connectivity index (χ4v) is 6.68. The van der Waals surface area contributed by atoms with Crippen molar-refractivity contribution in [2.45, 2.75) is 103 Å². The highest BCUT2D eigenvalue weighted by molar-refractivity contribution is 6.31. The highest BCUT2D eigenvalue weighted by Gasteiger charge is 2.51. The van der Waals surface area contributed by atoms with Crippen LogP contribution in [0.4, 0.5) is 13.6 Å². The molecule has 8 nitrogen and oxygen atoms in total. The molecule has 6 atom stereocenters. The predicted molar refractivity (Wildman–Crippen MR) is 158 cm³/mol. The lowest BCUT2D eigenvalue weighted by Gasteiger charge is -2.35. The van der Waals surface area contributed by atoms with Gasteiger partial charge in [0.15, 0.2) is 5.78 Å². The van der Waals surface area contributed by atoms with Crippen LogP contribution in [-0.4, -0.2) is 58.5 Å². The number of amides is 2. The van der Waals surface area contributed by atoms with Gasteiger partial charge in [0.25, 0.3) is 5.92 Å². The molecule has 1 aromatic heterocycles. The third-order valence-corrected chi connectivity index (χ3v) is 9.21. The number of ketones is 1. The molecule has 2 fully saturated rings. The van der Waals surface area contributed by atoms with Crippen molar-refractivity contribution in [3.63, 3.8) is 0 Å². The topological polar surface area (TPSA) is 97.8 Å². The van der Waals surface area contributed by atoms with Crippen molar-refractivity contribution < 1.29 is 32.6 Å². The molecular formula is C32H40ClF2N3O5. The van der Waals surface area contributed by atoms with Crippen LogP contribution < -0.4 is 10.1 Å². The van der Waals surface area contributed by atoms with E-state index in [2.05, 4.69) is 10.3 Å². The van der Waals surface area contributed by atoms with Gasteiger partial charge in [-0.2, -0.15) is 0 Å². The lowest BCUT2D eigenvalue weighted by Crippen LogP contribution is -2.57. The second kappa shape index (κ2) is 11.8. The first-order valence-electron chi connectivity index (χ1n) is 15.1. The number of nitrogens with one attached hydrogen (secondary N) is 1. The summed E-state index contributed by atoms with van der Waals surface area (Å²) in [4.78, 5) is 46.0. The van der Waals surface area contributed by atoms with E-state index < -0.39 is 53.9 Å². The number of carbonyl (C=O) groups is 3. The van der Waals surface area contributed by atoms with Crippen LogP contribution in [0.2, 0.25) is 5.02 Å². The zero-order valence-electron chi connectivity index (χ0n) is 25.3. The third-order valence-electron chi connectivity index (χ3n) is 8.98. The molecule has 3 heterocycles. The predicted octanol–water partition coefficient (Wildman–Crippen LogP) is 6.66. The highest BCUT2D eigenvalue weighted by atomic mass is 35.5. The molecule has 0 unspecified atom stereocenters. The van der Waals surface area contributed by atoms with Gasteiger partial charge in [0.1, 0.15) is 18.2 Å². The summed E-state index contributed by atoms with van der Waals surface area (Å²) < 4.78 is 43.8. The minimum Gasteiger partial charge on any atom is -0.472 e. The van der Waals surface area contributed by atoms with Gasteiger partial charge in [-0.1, -0.05) is 51.8 Å². The molecule has 11 heteroatoms. The first-order valence-corrected chi connectivity index (χ1v) is 15.5. The Morgan fingerprint density at radius 3 is 2.58 bits per heavy atom. The number of hydrogen-bond donors (Lipinski definition) is 1. The Bertz CT molecular complexity index is 1410. The largest absolute Gasteiger partial charge is 0.472 e. The second-order valence-corrected chi connectivity index (χ2v) is 13.7. The Morgan fingerprint density at radius 1 is 1.16 bits per heavy atom. The van der Waals surface area contributed by atoms with Crippen molar-refractivity contribution in [2.75, 3.05) is 6.54 Å². The molecule has 2 amide bonds. The maximum absolute atomic E-state index is 15.9. The number of Topliss-reactive ketones (excluding diaryl/α,β-unsaturated/α-hetero) is 1. The minimum absolute atomic E-state index is 0.0319. The average molecular weight is 620 g/mol. The Balaban J connectivity index is 1.59. The van der Waals surface area contributed by atoms with Crippen molar-refractivity contribution in [1.82, 2.24) is 15.2 Å². The Kier molecular flexibility index (Phi) is 8.64. The number of carbonyl (C=O) groups excluding carboxylic acids is 3. The summed E-state index contributed by atoms with van der Waals surface area (Å²) in [5.41, 5.74) is -0.632. The monoisotopic (exact) mass is 619 g/mol. The van der Waals surface area contributed by atoms with E-state index in [0.29, 0.717) is 41.6 Å². The first kappa shape index (κ1) is 31.4. The van der Waals surface area contributed by atoms with E-state index in [-0.39, 0.29) is 42.2 Å². The molecule has 3 aliphatic rings. The Hall–Kier alpha value is -3.01. The molecule has 1 N–H and O–H groups in total. The summed E-state index contributed by atoms with van der Waals surface area (Å²) in [7, 11) is 0. The Morgan fingerprint density at radius 2 is 1.91 bits per heavy atom. The van der Waals surface area contributed by atoms with Crippen LogP contribution in [0.1, 0.15) is 78.7 Å². The normalized spacial score (nSPS) is 29.8. The summed E-state index contributed by atoms with van der Waals surface area (Å²) >= 11 is 6.20. The van der Waals surface area contributed by atoms with Gasteiger partial charge in [0.2, 0.25) is 11.8 Å². The van der Waals surface area contributed by atoms with E-state index in [4.69, 9.17) is 21.1 Å². The molecule has 2 aromatic rings. The maximum atomic E-state index is 15.9. The average Bonchev–Trinajstić information content (AvgIpc) is 3.54. The number of rotatable bonds is 2. The lowest BCUT2D eigenvalue weighted by molar-refractivity contribution is -0.141. The van der Waals surface area contributed by atoms with Gasteiger partial charge in [0.05, 0.1) is 23.7 Å². The van der Waals surface area contributed by atoms with Gasteiger partial charge in [0, 0.05) is 22.7 Å². The molecular weight excluding hydrogens is 580 g/mol. The summed E-state index contributed by atoms with van der Waals surface area (Å²) in [6, 6.07) is 4.42. The number of hydrogen-bond acceptors (Lipinski definition) is 6. The maximum Gasteiger partial charge on any atom is 0.408 e. The number of benzene rings is 1. The standard InChI is InChI=1S/C32H40ClF2N3O5/c1-6-21-25-16-38(26(21)17(2)39)29(40)27(31(3,4)5)37-30(41)43-24-14-19(24)9-7-8-12-32(34,35)22-13-18-10-11-20(33)15-23(18)36-28(22)42-25/h10-11,13,15,19,21,24-27H,6-9,12,14,16H2,1-5H3,(H,37,41)/t19-,21-,24-,25+,26-,27-/m1/s1. The zero-order valence-corrected chi connectivity index (χ0v) is 26.0. The van der Waals surface area contributed by atoms with Crippen LogP contribution >= 0.6 is 11.6 Å². The van der Waals surface area contributed by atoms with E-state index >= 15 is 8.78 Å². The van der Waals surface area contributed by atoms with Gasteiger partial charge in [-0.25, -0.2) is 18.6 Å². The molecule has 1 saturated carbocycles. The molecule has 43 heavy (non-hydrogen) atoms. The Labute approximate surface area is 255 Å². The van der Waals surface area contributed by atoms with Gasteiger partial charge >= 0.3 is 6.09 Å². The van der Waals surface area contributed by atoms with Crippen LogP contribution in [0.25, 0.3) is 10.9 Å². The molecule has 0 radical (unpaired) electrons. The number of halogens is 3. The van der Waals surface area contributed by atoms with Crippen molar-refractivity contribution in [2.24, 2.45) is 17.3 Å². The quantitative estimate of drug-likeness (QED) is 0.404. The lowest BCUT2D eigenvalue weighted by atomic mass is 9.85. The number of alkyl halides is 2. The van der Waals surface area contributed by atoms with Crippen molar-refractivity contribution in [1.29, 1.82) is 0 Å². The summed E-state index contributed by atoms with van der Waals surface area (Å²) in [6.07, 6.45) is 0.373. The van der Waals surface area contributed by atoms with E-state index in [1.807, 2.05) is 27.7 Å². The second-order valence-electron chi connectivity index (χ2n) is 13.3. The number of alkyl carbamates (subject to hydrolysis) is 1. The zero-order chi connectivity index (χ0) is 31.3. The third kappa shape index (κ3) is 6.59. The fraction of sp³-hybridized carbons (Fsp3) is 0.625. The van der Waals surface area contributed by atoms with Crippen molar-refractivity contribution in [3.8, 4) is 5.88 Å². The molecule has 5 rings (SSSR count). The highest BCUT2D eigenvalue weighted by Crippen LogP contribution is 2.44.